The van der Waals surface area contributed by atoms with Gasteiger partial charge in [0.15, 0.2) is 0 Å². The monoisotopic (exact) mass is 368 g/mol. The van der Waals surface area contributed by atoms with Crippen LogP contribution in [0.15, 0.2) is 48.5 Å². The predicted octanol–water partition coefficient (Wildman–Crippen LogP) is 2.96. The van der Waals surface area contributed by atoms with Crippen LogP contribution in [0.25, 0.3) is 0 Å². The Morgan fingerprint density at radius 1 is 1.19 bits per heavy atom. The van der Waals surface area contributed by atoms with Gasteiger partial charge in [-0.25, -0.2) is 4.79 Å². The maximum absolute atomic E-state index is 12.2. The van der Waals surface area contributed by atoms with Gasteiger partial charge in [0, 0.05) is 12.2 Å². The Labute approximate surface area is 159 Å². The number of aryl methyl sites for hydroxylation is 2. The van der Waals surface area contributed by atoms with Crippen LogP contribution in [-0.2, 0) is 20.9 Å². The predicted molar refractivity (Wildman–Crippen MR) is 103 cm³/mol. The Bertz CT molecular complexity index is 787. The van der Waals surface area contributed by atoms with E-state index in [1.54, 1.807) is 4.90 Å². The molecule has 1 saturated heterocycles. The summed E-state index contributed by atoms with van der Waals surface area (Å²) in [5.74, 6) is -0.0806. The number of carbonyl (C=O) groups excluding carboxylic acids is 2. The maximum atomic E-state index is 12.2. The van der Waals surface area contributed by atoms with E-state index in [9.17, 15) is 9.59 Å². The van der Waals surface area contributed by atoms with Crippen LogP contribution in [0.5, 0.6) is 0 Å². The highest BCUT2D eigenvalue weighted by Crippen LogP contribution is 2.21. The zero-order valence-corrected chi connectivity index (χ0v) is 15.6. The van der Waals surface area contributed by atoms with E-state index in [2.05, 4.69) is 11.4 Å². The lowest BCUT2D eigenvalue weighted by molar-refractivity contribution is -0.129. The molecule has 3 rings (SSSR count). The Hall–Kier alpha value is -2.86. The normalized spacial score (nSPS) is 16.9. The van der Waals surface area contributed by atoms with Crippen molar-refractivity contribution < 1.29 is 19.1 Å². The zero-order chi connectivity index (χ0) is 19.2. The summed E-state index contributed by atoms with van der Waals surface area (Å²) in [7, 11) is 0. The number of benzene rings is 2. The minimum Gasteiger partial charge on any atom is -0.445 e. The van der Waals surface area contributed by atoms with Gasteiger partial charge < -0.3 is 19.7 Å². The van der Waals surface area contributed by atoms with E-state index >= 15 is 0 Å². The lowest BCUT2D eigenvalue weighted by atomic mass is 10.1. The average molecular weight is 368 g/mol. The average Bonchev–Trinajstić information content (AvgIpc) is 2.65. The van der Waals surface area contributed by atoms with Gasteiger partial charge in [-0.3, -0.25) is 4.79 Å². The first kappa shape index (κ1) is 18.9. The first-order valence-electron chi connectivity index (χ1n) is 8.96. The molecule has 0 spiro atoms. The molecule has 6 heteroatoms. The summed E-state index contributed by atoms with van der Waals surface area (Å²) >= 11 is 0. The number of amides is 2. The van der Waals surface area contributed by atoms with E-state index < -0.39 is 6.09 Å². The Morgan fingerprint density at radius 3 is 2.59 bits per heavy atom. The molecule has 2 aromatic rings. The van der Waals surface area contributed by atoms with Crippen molar-refractivity contribution in [2.45, 2.75) is 26.6 Å². The molecule has 142 valence electrons. The second kappa shape index (κ2) is 8.68. The minimum absolute atomic E-state index is 0.00159. The Kier molecular flexibility index (Phi) is 6.08. The van der Waals surface area contributed by atoms with Gasteiger partial charge in [0.25, 0.3) is 5.91 Å². The molecule has 1 atom stereocenters. The number of hydrogen-bond acceptors (Lipinski definition) is 4. The van der Waals surface area contributed by atoms with Gasteiger partial charge in [-0.15, -0.1) is 0 Å². The summed E-state index contributed by atoms with van der Waals surface area (Å²) in [6.45, 7) is 4.89. The molecule has 1 aliphatic heterocycles. The van der Waals surface area contributed by atoms with Crippen LogP contribution >= 0.6 is 0 Å². The Morgan fingerprint density at radius 2 is 1.89 bits per heavy atom. The lowest BCUT2D eigenvalue weighted by Gasteiger charge is -2.33. The first-order chi connectivity index (χ1) is 13.0. The van der Waals surface area contributed by atoms with Gasteiger partial charge in [0.2, 0.25) is 0 Å². The van der Waals surface area contributed by atoms with Gasteiger partial charge in [0.05, 0.1) is 12.6 Å². The first-order valence-corrected chi connectivity index (χ1v) is 8.96. The summed E-state index contributed by atoms with van der Waals surface area (Å²) in [6.07, 6.45) is -0.787. The summed E-state index contributed by atoms with van der Waals surface area (Å²) in [4.78, 5) is 25.9. The maximum Gasteiger partial charge on any atom is 0.407 e. The van der Waals surface area contributed by atoms with Gasteiger partial charge in [-0.1, -0.05) is 36.4 Å². The molecule has 0 aliphatic carbocycles. The molecular formula is C21H24N2O4. The number of ether oxygens (including phenoxy) is 2. The van der Waals surface area contributed by atoms with Crippen LogP contribution < -0.4 is 10.2 Å². The van der Waals surface area contributed by atoms with Gasteiger partial charge in [0.1, 0.15) is 13.2 Å². The minimum atomic E-state index is -0.502. The topological polar surface area (TPSA) is 67.9 Å². The van der Waals surface area contributed by atoms with E-state index in [4.69, 9.17) is 9.47 Å². The molecule has 0 bridgehead atoms. The van der Waals surface area contributed by atoms with Crippen molar-refractivity contribution >= 4 is 17.7 Å². The molecule has 1 N–H and O–H groups in total. The second-order valence-electron chi connectivity index (χ2n) is 6.73. The van der Waals surface area contributed by atoms with E-state index in [0.717, 1.165) is 22.4 Å². The molecule has 0 aromatic heterocycles. The zero-order valence-electron chi connectivity index (χ0n) is 15.6. The molecule has 2 amide bonds. The summed E-state index contributed by atoms with van der Waals surface area (Å²) in [5, 5.41) is 2.71. The van der Waals surface area contributed by atoms with Crippen molar-refractivity contribution in [1.82, 2.24) is 5.32 Å². The number of alkyl carbamates (subject to hydrolysis) is 1. The quantitative estimate of drug-likeness (QED) is 0.881. The van der Waals surface area contributed by atoms with E-state index in [1.807, 2.05) is 56.3 Å². The smallest absolute Gasteiger partial charge is 0.407 e. The summed E-state index contributed by atoms with van der Waals surface area (Å²) in [5.41, 5.74) is 3.98. The fourth-order valence-electron chi connectivity index (χ4n) is 3.08. The van der Waals surface area contributed by atoms with Crippen molar-refractivity contribution in [3.63, 3.8) is 0 Å². The largest absolute Gasteiger partial charge is 0.445 e. The van der Waals surface area contributed by atoms with E-state index in [-0.39, 0.29) is 31.8 Å². The third-order valence-electron chi connectivity index (χ3n) is 4.33. The molecule has 27 heavy (non-hydrogen) atoms. The van der Waals surface area contributed by atoms with Crippen molar-refractivity contribution in [3.8, 4) is 0 Å². The van der Waals surface area contributed by atoms with Gasteiger partial charge in [-0.2, -0.15) is 0 Å². The van der Waals surface area contributed by atoms with Crippen LogP contribution in [0.4, 0.5) is 10.5 Å². The number of hydrogen-bond donors (Lipinski definition) is 1. The van der Waals surface area contributed by atoms with Crippen molar-refractivity contribution in [1.29, 1.82) is 0 Å². The number of morpholine rings is 1. The summed E-state index contributed by atoms with van der Waals surface area (Å²) in [6, 6.07) is 15.5. The third kappa shape index (κ3) is 5.31. The molecule has 1 heterocycles. The van der Waals surface area contributed by atoms with E-state index in [1.165, 1.54) is 0 Å². The van der Waals surface area contributed by atoms with Gasteiger partial charge >= 0.3 is 6.09 Å². The van der Waals surface area contributed by atoms with Crippen molar-refractivity contribution in [2.24, 2.45) is 0 Å². The van der Waals surface area contributed by atoms with Crippen molar-refractivity contribution in [2.75, 3.05) is 24.6 Å². The fourth-order valence-corrected chi connectivity index (χ4v) is 3.08. The van der Waals surface area contributed by atoms with Crippen LogP contribution in [0.2, 0.25) is 0 Å². The molecule has 2 aromatic carbocycles. The van der Waals surface area contributed by atoms with Gasteiger partial charge in [-0.05, 0) is 42.7 Å². The fraction of sp³-hybridized carbons (Fsp3) is 0.333. The van der Waals surface area contributed by atoms with Crippen LogP contribution in [0, 0.1) is 13.8 Å². The van der Waals surface area contributed by atoms with E-state index in [0.29, 0.717) is 6.54 Å². The molecule has 1 unspecified atom stereocenters. The highest BCUT2D eigenvalue weighted by molar-refractivity contribution is 5.95. The Balaban J connectivity index is 1.52. The van der Waals surface area contributed by atoms with Crippen LogP contribution in [0.1, 0.15) is 16.7 Å². The molecule has 1 fully saturated rings. The van der Waals surface area contributed by atoms with Crippen LogP contribution in [-0.4, -0.2) is 37.8 Å². The third-order valence-corrected chi connectivity index (χ3v) is 4.33. The lowest BCUT2D eigenvalue weighted by Crippen LogP contribution is -2.50. The van der Waals surface area contributed by atoms with Crippen molar-refractivity contribution in [3.05, 3.63) is 65.2 Å². The van der Waals surface area contributed by atoms with Crippen LogP contribution in [0.3, 0.4) is 0 Å². The number of rotatable bonds is 5. The summed E-state index contributed by atoms with van der Waals surface area (Å²) < 4.78 is 10.8. The molecule has 0 radical (unpaired) electrons. The number of anilines is 1. The highest BCUT2D eigenvalue weighted by atomic mass is 16.5. The molecule has 1 aliphatic rings. The second-order valence-corrected chi connectivity index (χ2v) is 6.73. The molecule has 0 saturated carbocycles. The molecule has 6 nitrogen and oxygen atoms in total. The standard InChI is InChI=1S/C21H24N2O4/c1-15-8-16(2)10-18(9-15)23-12-19(26-14-20(23)24)11-22-21(25)27-13-17-6-4-3-5-7-17/h3-10,19H,11-14H2,1-2H3,(H,22,25). The molecular weight excluding hydrogens is 344 g/mol. The highest BCUT2D eigenvalue weighted by Gasteiger charge is 2.28. The SMILES string of the molecule is Cc1cc(C)cc(N2CC(CNC(=O)OCc3ccccc3)OCC2=O)c1. The number of nitrogens with zero attached hydrogens (tertiary/aromatic N) is 1. The number of carbonyl (C=O) groups is 2. The number of nitrogens with one attached hydrogen (secondary N) is 1.